The van der Waals surface area contributed by atoms with Crippen molar-refractivity contribution in [2.75, 3.05) is 13.7 Å². The van der Waals surface area contributed by atoms with Gasteiger partial charge in [0.2, 0.25) is 0 Å². The van der Waals surface area contributed by atoms with Crippen LogP contribution in [0.2, 0.25) is 0 Å². The number of benzene rings is 3. The van der Waals surface area contributed by atoms with Crippen LogP contribution < -0.4 is 19.6 Å². The molecule has 0 spiro atoms. The molecule has 0 fully saturated rings. The number of hydrogen-bond acceptors (Lipinski definition) is 7. The minimum absolute atomic E-state index is 0.104. The molecule has 4 aromatic rings. The lowest BCUT2D eigenvalue weighted by atomic mass is 9.93. The topological polar surface area (TPSA) is 90.1 Å². The first-order valence-corrected chi connectivity index (χ1v) is 12.6. The number of carbonyl (C=O) groups excluding carboxylic acids is 1. The van der Waals surface area contributed by atoms with E-state index in [1.165, 1.54) is 23.8 Å². The maximum atomic E-state index is 13.9. The van der Waals surface area contributed by atoms with E-state index < -0.39 is 23.4 Å². The van der Waals surface area contributed by atoms with Crippen LogP contribution in [0.1, 0.15) is 29.7 Å². The summed E-state index contributed by atoms with van der Waals surface area (Å²) in [6.07, 6.45) is 1.56. The summed E-state index contributed by atoms with van der Waals surface area (Å²) in [4.78, 5) is 32.3. The fraction of sp³-hybridized carbons (Fsp3) is 0.138. The molecule has 0 radical (unpaired) electrons. The lowest BCUT2D eigenvalue weighted by Crippen LogP contribution is -2.40. The number of esters is 1. The van der Waals surface area contributed by atoms with Gasteiger partial charge in [-0.15, -0.1) is 0 Å². The lowest BCUT2D eigenvalue weighted by molar-refractivity contribution is -0.138. The second-order valence-corrected chi connectivity index (χ2v) is 9.39. The summed E-state index contributed by atoms with van der Waals surface area (Å²) >= 11 is 1.12. The summed E-state index contributed by atoms with van der Waals surface area (Å²) in [6, 6.07) is 18.9. The first-order valence-electron chi connectivity index (χ1n) is 11.8. The standard InChI is InChI=1S/C29H23FN2O5S/c1-3-37-28(35)23-24(17-8-5-4-6-9-17)31-29-32(25(23)18-12-14-20(30)15-13-18)27(34)22(38-29)16-19-10-7-11-21(36-2)26(19)33/h4-16,25,33H,3H2,1-2H3. The third kappa shape index (κ3) is 4.52. The number of ether oxygens (including phenoxy) is 2. The quantitative estimate of drug-likeness (QED) is 0.383. The van der Waals surface area contributed by atoms with Crippen LogP contribution in [-0.2, 0) is 9.53 Å². The molecule has 1 unspecified atom stereocenters. The number of phenolic OH excluding ortho intramolecular Hbond substituents is 1. The van der Waals surface area contributed by atoms with Crippen molar-refractivity contribution < 1.29 is 23.8 Å². The number of thiazole rings is 1. The number of fused-ring (bicyclic) bond motifs is 1. The number of rotatable bonds is 6. The average molecular weight is 531 g/mol. The lowest BCUT2D eigenvalue weighted by Gasteiger charge is -2.25. The molecular formula is C29H23FN2O5S. The largest absolute Gasteiger partial charge is 0.504 e. The van der Waals surface area contributed by atoms with Gasteiger partial charge in [0.05, 0.1) is 35.6 Å². The first kappa shape index (κ1) is 25.2. The minimum Gasteiger partial charge on any atom is -0.504 e. The number of nitrogens with zero attached hydrogens (tertiary/aromatic N) is 2. The Hall–Kier alpha value is -4.50. The van der Waals surface area contributed by atoms with Gasteiger partial charge in [-0.1, -0.05) is 65.9 Å². The Morgan fingerprint density at radius 1 is 1.11 bits per heavy atom. The average Bonchev–Trinajstić information content (AvgIpc) is 3.24. The number of halogens is 1. The van der Waals surface area contributed by atoms with Gasteiger partial charge in [-0.25, -0.2) is 14.2 Å². The highest BCUT2D eigenvalue weighted by molar-refractivity contribution is 7.07. The second-order valence-electron chi connectivity index (χ2n) is 8.38. The second kappa shape index (κ2) is 10.5. The Morgan fingerprint density at radius 3 is 2.53 bits per heavy atom. The summed E-state index contributed by atoms with van der Waals surface area (Å²) < 4.78 is 26.2. The Balaban J connectivity index is 1.83. The van der Waals surface area contributed by atoms with Crippen LogP contribution in [0, 0.1) is 5.82 Å². The summed E-state index contributed by atoms with van der Waals surface area (Å²) in [5, 5.41) is 10.6. The van der Waals surface area contributed by atoms with Crippen molar-refractivity contribution in [3.63, 3.8) is 0 Å². The van der Waals surface area contributed by atoms with Gasteiger partial charge in [0.1, 0.15) is 5.82 Å². The molecule has 2 heterocycles. The monoisotopic (exact) mass is 530 g/mol. The van der Waals surface area contributed by atoms with Crippen LogP contribution in [0.3, 0.4) is 0 Å². The molecule has 1 aliphatic rings. The Kier molecular flexibility index (Phi) is 6.93. The van der Waals surface area contributed by atoms with Gasteiger partial charge in [0.15, 0.2) is 16.3 Å². The highest BCUT2D eigenvalue weighted by Crippen LogP contribution is 2.35. The zero-order chi connectivity index (χ0) is 26.8. The number of hydrogen-bond donors (Lipinski definition) is 1. The maximum Gasteiger partial charge on any atom is 0.338 e. The van der Waals surface area contributed by atoms with Crippen molar-refractivity contribution in [2.24, 2.45) is 4.99 Å². The van der Waals surface area contributed by atoms with Crippen molar-refractivity contribution in [3.8, 4) is 11.5 Å². The fourth-order valence-electron chi connectivity index (χ4n) is 4.36. The summed E-state index contributed by atoms with van der Waals surface area (Å²) in [5.74, 6) is -0.900. The highest BCUT2D eigenvalue weighted by Gasteiger charge is 2.35. The number of methoxy groups -OCH3 is 1. The van der Waals surface area contributed by atoms with Crippen LogP contribution in [0.15, 0.2) is 88.2 Å². The van der Waals surface area contributed by atoms with Crippen LogP contribution in [0.4, 0.5) is 4.39 Å². The Bertz CT molecular complexity index is 1720. The van der Waals surface area contributed by atoms with Gasteiger partial charge in [-0.05, 0) is 36.8 Å². The van der Waals surface area contributed by atoms with Crippen LogP contribution in [0.25, 0.3) is 11.8 Å². The van der Waals surface area contributed by atoms with E-state index in [4.69, 9.17) is 14.5 Å². The molecule has 0 saturated carbocycles. The smallest absolute Gasteiger partial charge is 0.338 e. The number of para-hydroxylation sites is 1. The van der Waals surface area contributed by atoms with Gasteiger partial charge in [-0.3, -0.25) is 9.36 Å². The molecule has 1 atom stereocenters. The van der Waals surface area contributed by atoms with Crippen LogP contribution >= 0.6 is 11.3 Å². The molecular weight excluding hydrogens is 507 g/mol. The predicted molar refractivity (Wildman–Crippen MR) is 142 cm³/mol. The summed E-state index contributed by atoms with van der Waals surface area (Å²) in [5.41, 5.74) is 1.71. The maximum absolute atomic E-state index is 13.9. The van der Waals surface area contributed by atoms with E-state index in [9.17, 15) is 19.1 Å². The van der Waals surface area contributed by atoms with E-state index in [0.29, 0.717) is 27.2 Å². The molecule has 0 aliphatic carbocycles. The zero-order valence-corrected chi connectivity index (χ0v) is 21.4. The fourth-order valence-corrected chi connectivity index (χ4v) is 5.35. The molecule has 38 heavy (non-hydrogen) atoms. The molecule has 1 aromatic heterocycles. The summed E-state index contributed by atoms with van der Waals surface area (Å²) in [6.45, 7) is 1.82. The molecule has 0 amide bonds. The Labute approximate surface area is 221 Å². The third-order valence-corrected chi connectivity index (χ3v) is 7.08. The van der Waals surface area contributed by atoms with Gasteiger partial charge in [0.25, 0.3) is 5.56 Å². The Morgan fingerprint density at radius 2 is 1.84 bits per heavy atom. The number of aromatic hydroxyl groups is 1. The molecule has 1 N–H and O–H groups in total. The SMILES string of the molecule is CCOC(=O)C1=C(c2ccccc2)N=c2sc(=Cc3cccc(OC)c3O)c(=O)n2C1c1ccc(F)cc1. The third-order valence-electron chi connectivity index (χ3n) is 6.10. The molecule has 1 aliphatic heterocycles. The van der Waals surface area contributed by atoms with Crippen LogP contribution in [0.5, 0.6) is 11.5 Å². The van der Waals surface area contributed by atoms with E-state index >= 15 is 0 Å². The van der Waals surface area contributed by atoms with E-state index in [1.807, 2.05) is 30.3 Å². The van der Waals surface area contributed by atoms with E-state index in [2.05, 4.69) is 0 Å². The van der Waals surface area contributed by atoms with Crippen molar-refractivity contribution >= 4 is 29.1 Å². The normalized spacial score (nSPS) is 15.1. The van der Waals surface area contributed by atoms with Gasteiger partial charge in [0, 0.05) is 11.1 Å². The van der Waals surface area contributed by atoms with E-state index in [-0.39, 0.29) is 28.2 Å². The van der Waals surface area contributed by atoms with Crippen molar-refractivity contribution in [1.29, 1.82) is 0 Å². The number of aromatic nitrogens is 1. The molecule has 3 aromatic carbocycles. The molecule has 9 heteroatoms. The minimum atomic E-state index is -0.915. The molecule has 0 saturated heterocycles. The van der Waals surface area contributed by atoms with Crippen LogP contribution in [-0.4, -0.2) is 29.4 Å². The van der Waals surface area contributed by atoms with E-state index in [1.54, 1.807) is 43.3 Å². The van der Waals surface area contributed by atoms with Crippen molar-refractivity contribution in [2.45, 2.75) is 13.0 Å². The highest BCUT2D eigenvalue weighted by atomic mass is 32.1. The van der Waals surface area contributed by atoms with Crippen molar-refractivity contribution in [1.82, 2.24) is 4.57 Å². The van der Waals surface area contributed by atoms with Crippen molar-refractivity contribution in [3.05, 3.63) is 121 Å². The van der Waals surface area contributed by atoms with Gasteiger partial charge >= 0.3 is 5.97 Å². The van der Waals surface area contributed by atoms with Gasteiger partial charge < -0.3 is 14.6 Å². The number of carbonyl (C=O) groups is 1. The molecule has 0 bridgehead atoms. The molecule has 7 nitrogen and oxygen atoms in total. The first-order chi connectivity index (χ1) is 18.4. The van der Waals surface area contributed by atoms with E-state index in [0.717, 1.165) is 11.3 Å². The molecule has 5 rings (SSSR count). The molecule has 192 valence electrons. The van der Waals surface area contributed by atoms with Gasteiger partial charge in [-0.2, -0.15) is 0 Å². The number of phenols is 1. The zero-order valence-electron chi connectivity index (χ0n) is 20.6. The summed E-state index contributed by atoms with van der Waals surface area (Å²) in [7, 11) is 1.44. The predicted octanol–water partition coefficient (Wildman–Crippen LogP) is 3.79.